The van der Waals surface area contributed by atoms with E-state index in [4.69, 9.17) is 11.6 Å². The van der Waals surface area contributed by atoms with Gasteiger partial charge in [-0.3, -0.25) is 4.79 Å². The van der Waals surface area contributed by atoms with Gasteiger partial charge in [0, 0.05) is 10.9 Å². The monoisotopic (exact) mass is 284 g/mol. The Kier molecular flexibility index (Phi) is 4.42. The normalized spacial score (nSPS) is 18.5. The lowest BCUT2D eigenvalue weighted by Gasteiger charge is -2.32. The van der Waals surface area contributed by atoms with Crippen LogP contribution in [-0.4, -0.2) is 19.0 Å². The first kappa shape index (κ1) is 14.3. The Hall–Kier alpha value is -1.13. The lowest BCUT2D eigenvalue weighted by Crippen LogP contribution is -2.49. The van der Waals surface area contributed by atoms with E-state index >= 15 is 0 Å². The molecule has 1 heterocycles. The second-order valence-corrected chi connectivity index (χ2v) is 5.51. The molecule has 2 atom stereocenters. The minimum absolute atomic E-state index is 0.0133. The van der Waals surface area contributed by atoms with Crippen LogP contribution in [0.2, 0.25) is 5.02 Å². The lowest BCUT2D eigenvalue weighted by molar-refractivity contribution is -0.127. The quantitative estimate of drug-likeness (QED) is 0.892. The molecule has 0 bridgehead atoms. The molecule has 1 aromatic carbocycles. The van der Waals surface area contributed by atoms with Crippen molar-refractivity contribution < 1.29 is 9.18 Å². The van der Waals surface area contributed by atoms with Crippen molar-refractivity contribution in [2.24, 2.45) is 11.8 Å². The van der Waals surface area contributed by atoms with E-state index < -0.39 is 0 Å². The van der Waals surface area contributed by atoms with Gasteiger partial charge in [0.2, 0.25) is 5.91 Å². The molecule has 1 aromatic rings. The van der Waals surface area contributed by atoms with E-state index in [0.717, 1.165) is 18.7 Å². The van der Waals surface area contributed by atoms with Crippen molar-refractivity contribution in [3.8, 4) is 0 Å². The first-order chi connectivity index (χ1) is 8.99. The molecule has 2 rings (SSSR count). The van der Waals surface area contributed by atoms with Crippen LogP contribution in [0.3, 0.4) is 0 Å². The van der Waals surface area contributed by atoms with E-state index in [1.165, 1.54) is 12.1 Å². The predicted octanol–water partition coefficient (Wildman–Crippen LogP) is 2.51. The summed E-state index contributed by atoms with van der Waals surface area (Å²) in [6.07, 6.45) is 0. The van der Waals surface area contributed by atoms with E-state index in [9.17, 15) is 9.18 Å². The Bertz CT molecular complexity index is 477. The summed E-state index contributed by atoms with van der Waals surface area (Å²) >= 11 is 5.99. The Balaban J connectivity index is 1.99. The van der Waals surface area contributed by atoms with Crippen molar-refractivity contribution in [1.82, 2.24) is 10.6 Å². The fourth-order valence-corrected chi connectivity index (χ4v) is 2.48. The largest absolute Gasteiger partial charge is 0.349 e. The first-order valence-electron chi connectivity index (χ1n) is 6.45. The number of rotatable bonds is 4. The molecule has 1 aliphatic rings. The number of hydrogen-bond donors (Lipinski definition) is 2. The predicted molar refractivity (Wildman–Crippen MR) is 73.5 cm³/mol. The Morgan fingerprint density at radius 3 is 2.68 bits per heavy atom. The van der Waals surface area contributed by atoms with Gasteiger partial charge in [-0.15, -0.1) is 0 Å². The third-order valence-electron chi connectivity index (χ3n) is 3.72. The summed E-state index contributed by atoms with van der Waals surface area (Å²) in [7, 11) is 0. The smallest absolute Gasteiger partial charge is 0.223 e. The number of benzene rings is 1. The molecule has 1 saturated heterocycles. The van der Waals surface area contributed by atoms with Gasteiger partial charge in [-0.05, 0) is 43.6 Å². The Morgan fingerprint density at radius 1 is 1.47 bits per heavy atom. The van der Waals surface area contributed by atoms with Crippen LogP contribution in [0.25, 0.3) is 0 Å². The molecule has 3 nitrogen and oxygen atoms in total. The molecule has 1 aliphatic heterocycles. The second kappa shape index (κ2) is 5.88. The summed E-state index contributed by atoms with van der Waals surface area (Å²) in [6.45, 7) is 5.56. The molecule has 1 amide bonds. The molecular weight excluding hydrogens is 267 g/mol. The van der Waals surface area contributed by atoms with Crippen molar-refractivity contribution in [2.75, 3.05) is 13.1 Å². The lowest BCUT2D eigenvalue weighted by atomic mass is 9.88. The topological polar surface area (TPSA) is 41.1 Å². The molecule has 1 fully saturated rings. The van der Waals surface area contributed by atoms with Gasteiger partial charge in [-0.25, -0.2) is 4.39 Å². The van der Waals surface area contributed by atoms with Gasteiger partial charge in [0.05, 0.1) is 6.04 Å². The zero-order valence-corrected chi connectivity index (χ0v) is 11.8. The number of carbonyl (C=O) groups is 1. The number of nitrogens with one attached hydrogen (secondary N) is 2. The summed E-state index contributed by atoms with van der Waals surface area (Å²) in [5, 5.41) is 6.42. The van der Waals surface area contributed by atoms with Gasteiger partial charge in [0.1, 0.15) is 5.82 Å². The molecule has 0 spiro atoms. The molecule has 104 valence electrons. The SMILES string of the molecule is CC(NC(=O)C(C)C1CNC1)c1ccc(F)cc1Cl. The van der Waals surface area contributed by atoms with E-state index in [0.29, 0.717) is 10.9 Å². The van der Waals surface area contributed by atoms with E-state index in [1.54, 1.807) is 6.07 Å². The van der Waals surface area contributed by atoms with Crippen LogP contribution in [0.15, 0.2) is 18.2 Å². The van der Waals surface area contributed by atoms with Gasteiger partial charge in [0.25, 0.3) is 0 Å². The molecular formula is C14H18ClFN2O. The highest BCUT2D eigenvalue weighted by molar-refractivity contribution is 6.31. The highest BCUT2D eigenvalue weighted by atomic mass is 35.5. The third kappa shape index (κ3) is 3.25. The maximum absolute atomic E-state index is 13.0. The number of carbonyl (C=O) groups excluding carboxylic acids is 1. The minimum Gasteiger partial charge on any atom is -0.349 e. The van der Waals surface area contributed by atoms with Gasteiger partial charge >= 0.3 is 0 Å². The maximum Gasteiger partial charge on any atom is 0.223 e. The highest BCUT2D eigenvalue weighted by Gasteiger charge is 2.29. The van der Waals surface area contributed by atoms with Crippen LogP contribution >= 0.6 is 11.6 Å². The van der Waals surface area contributed by atoms with Gasteiger partial charge in [-0.1, -0.05) is 24.6 Å². The standard InChI is InChI=1S/C14H18ClFN2O/c1-8(10-6-17-7-10)14(19)18-9(2)12-4-3-11(16)5-13(12)15/h3-5,8-10,17H,6-7H2,1-2H3,(H,18,19). The van der Waals surface area contributed by atoms with E-state index in [1.807, 2.05) is 13.8 Å². The number of halogens is 2. The molecule has 0 aliphatic carbocycles. The summed E-state index contributed by atoms with van der Waals surface area (Å²) in [5.41, 5.74) is 0.732. The molecule has 5 heteroatoms. The average molecular weight is 285 g/mol. The van der Waals surface area contributed by atoms with Crippen LogP contribution in [0, 0.1) is 17.7 Å². The molecule has 0 aromatic heterocycles. The second-order valence-electron chi connectivity index (χ2n) is 5.10. The Labute approximate surface area is 117 Å². The van der Waals surface area contributed by atoms with E-state index in [2.05, 4.69) is 10.6 Å². The summed E-state index contributed by atoms with van der Waals surface area (Å²) in [6, 6.07) is 4.00. The third-order valence-corrected chi connectivity index (χ3v) is 4.05. The van der Waals surface area contributed by atoms with Gasteiger partial charge in [-0.2, -0.15) is 0 Å². The summed E-state index contributed by atoms with van der Waals surface area (Å²) < 4.78 is 13.0. The van der Waals surface area contributed by atoms with Crippen LogP contribution in [0.1, 0.15) is 25.5 Å². The van der Waals surface area contributed by atoms with E-state index in [-0.39, 0.29) is 23.7 Å². The molecule has 0 saturated carbocycles. The summed E-state index contributed by atoms with van der Waals surface area (Å²) in [5.74, 6) is 0.0133. The first-order valence-corrected chi connectivity index (χ1v) is 6.83. The maximum atomic E-state index is 13.0. The van der Waals surface area contributed by atoms with Crippen LogP contribution in [0.4, 0.5) is 4.39 Å². The van der Waals surface area contributed by atoms with Crippen molar-refractivity contribution in [3.05, 3.63) is 34.6 Å². The van der Waals surface area contributed by atoms with Crippen molar-refractivity contribution in [2.45, 2.75) is 19.9 Å². The Morgan fingerprint density at radius 2 is 2.16 bits per heavy atom. The molecule has 2 unspecified atom stereocenters. The fraction of sp³-hybridized carbons (Fsp3) is 0.500. The zero-order valence-electron chi connectivity index (χ0n) is 11.0. The molecule has 19 heavy (non-hydrogen) atoms. The molecule has 2 N–H and O–H groups in total. The van der Waals surface area contributed by atoms with Crippen LogP contribution in [0.5, 0.6) is 0 Å². The summed E-state index contributed by atoms with van der Waals surface area (Å²) in [4.78, 5) is 12.1. The molecule has 0 radical (unpaired) electrons. The number of hydrogen-bond acceptors (Lipinski definition) is 2. The van der Waals surface area contributed by atoms with Crippen LogP contribution in [-0.2, 0) is 4.79 Å². The fourth-order valence-electron chi connectivity index (χ4n) is 2.15. The highest BCUT2D eigenvalue weighted by Crippen LogP contribution is 2.24. The zero-order chi connectivity index (χ0) is 14.0. The average Bonchev–Trinajstić information content (AvgIpc) is 2.25. The van der Waals surface area contributed by atoms with Crippen molar-refractivity contribution >= 4 is 17.5 Å². The van der Waals surface area contributed by atoms with Crippen LogP contribution < -0.4 is 10.6 Å². The van der Waals surface area contributed by atoms with Crippen molar-refractivity contribution in [1.29, 1.82) is 0 Å². The van der Waals surface area contributed by atoms with Gasteiger partial charge < -0.3 is 10.6 Å². The van der Waals surface area contributed by atoms with Gasteiger partial charge in [0.15, 0.2) is 0 Å². The minimum atomic E-state index is -0.374. The van der Waals surface area contributed by atoms with Crippen molar-refractivity contribution in [3.63, 3.8) is 0 Å². The number of amides is 1.